The van der Waals surface area contributed by atoms with Crippen LogP contribution in [0.4, 0.5) is 0 Å². The molecule has 1 N–H and O–H groups in total. The molecule has 0 spiro atoms. The van der Waals surface area contributed by atoms with Crippen molar-refractivity contribution in [1.29, 1.82) is 0 Å². The minimum atomic E-state index is -0.113. The Morgan fingerprint density at radius 3 is 2.69 bits per heavy atom. The van der Waals surface area contributed by atoms with Crippen LogP contribution in [0.5, 0.6) is 0 Å². The fourth-order valence-corrected chi connectivity index (χ4v) is 2.11. The maximum atomic E-state index is 5.34. The molecule has 1 aromatic rings. The van der Waals surface area contributed by atoms with Gasteiger partial charge in [0.05, 0.1) is 5.60 Å². The summed E-state index contributed by atoms with van der Waals surface area (Å²) in [6.45, 7) is 10.2. The van der Waals surface area contributed by atoms with Gasteiger partial charge in [0.1, 0.15) is 5.01 Å². The van der Waals surface area contributed by atoms with Gasteiger partial charge in [-0.15, -0.1) is 11.3 Å². The van der Waals surface area contributed by atoms with Crippen molar-refractivity contribution >= 4 is 11.3 Å². The van der Waals surface area contributed by atoms with E-state index in [0.29, 0.717) is 5.92 Å². The number of rotatable bonds is 6. The molecule has 92 valence electrons. The van der Waals surface area contributed by atoms with Gasteiger partial charge in [-0.05, 0) is 19.8 Å². The second kappa shape index (κ2) is 5.75. The van der Waals surface area contributed by atoms with E-state index in [4.69, 9.17) is 4.74 Å². The van der Waals surface area contributed by atoms with Crippen molar-refractivity contribution in [2.75, 3.05) is 13.7 Å². The zero-order valence-electron chi connectivity index (χ0n) is 10.8. The van der Waals surface area contributed by atoms with Gasteiger partial charge in [0.25, 0.3) is 0 Å². The Kier molecular flexibility index (Phi) is 4.89. The monoisotopic (exact) mass is 242 g/mol. The van der Waals surface area contributed by atoms with Gasteiger partial charge in [-0.3, -0.25) is 0 Å². The third kappa shape index (κ3) is 4.20. The smallest absolute Gasteiger partial charge is 0.107 e. The minimum absolute atomic E-state index is 0.113. The van der Waals surface area contributed by atoms with Crippen LogP contribution in [0.25, 0.3) is 0 Å². The lowest BCUT2D eigenvalue weighted by Crippen LogP contribution is -2.36. The maximum Gasteiger partial charge on any atom is 0.107 e. The molecule has 0 saturated heterocycles. The van der Waals surface area contributed by atoms with Crippen LogP contribution in [0.1, 0.15) is 43.5 Å². The summed E-state index contributed by atoms with van der Waals surface area (Å²) in [6.07, 6.45) is 1.98. The molecule has 0 fully saturated rings. The number of nitrogens with zero attached hydrogens (tertiary/aromatic N) is 1. The van der Waals surface area contributed by atoms with E-state index in [1.165, 1.54) is 4.88 Å². The summed E-state index contributed by atoms with van der Waals surface area (Å²) in [5.41, 5.74) is -0.113. The zero-order chi connectivity index (χ0) is 12.2. The van der Waals surface area contributed by atoms with Crippen LogP contribution in [-0.2, 0) is 11.3 Å². The molecule has 1 heterocycles. The highest BCUT2D eigenvalue weighted by Gasteiger charge is 2.15. The van der Waals surface area contributed by atoms with Crippen LogP contribution in [0.2, 0.25) is 0 Å². The van der Waals surface area contributed by atoms with Crippen LogP contribution >= 0.6 is 11.3 Å². The standard InChI is InChI=1S/C12H22N2OS/c1-9(2)10-6-14-11(16-10)7-13-8-12(3,4)15-5/h6,9,13H,7-8H2,1-5H3. The van der Waals surface area contributed by atoms with Gasteiger partial charge in [-0.1, -0.05) is 13.8 Å². The van der Waals surface area contributed by atoms with E-state index >= 15 is 0 Å². The number of nitrogens with one attached hydrogen (secondary N) is 1. The Bertz CT molecular complexity index is 321. The number of ether oxygens (including phenoxy) is 1. The van der Waals surface area contributed by atoms with Gasteiger partial charge in [-0.2, -0.15) is 0 Å². The van der Waals surface area contributed by atoms with Gasteiger partial charge >= 0.3 is 0 Å². The topological polar surface area (TPSA) is 34.1 Å². The summed E-state index contributed by atoms with van der Waals surface area (Å²) in [5, 5.41) is 4.52. The molecule has 1 aromatic heterocycles. The van der Waals surface area contributed by atoms with Crippen molar-refractivity contribution in [3.05, 3.63) is 16.1 Å². The van der Waals surface area contributed by atoms with Crippen molar-refractivity contribution in [3.63, 3.8) is 0 Å². The van der Waals surface area contributed by atoms with Gasteiger partial charge < -0.3 is 10.1 Å². The summed E-state index contributed by atoms with van der Waals surface area (Å²) in [6, 6.07) is 0. The summed E-state index contributed by atoms with van der Waals surface area (Å²) in [4.78, 5) is 5.75. The van der Waals surface area contributed by atoms with E-state index in [1.807, 2.05) is 6.20 Å². The van der Waals surface area contributed by atoms with Crippen molar-refractivity contribution in [1.82, 2.24) is 10.3 Å². The first-order valence-electron chi connectivity index (χ1n) is 5.65. The van der Waals surface area contributed by atoms with Gasteiger partial charge in [0.15, 0.2) is 0 Å². The lowest BCUT2D eigenvalue weighted by Gasteiger charge is -2.22. The van der Waals surface area contributed by atoms with Gasteiger partial charge in [-0.25, -0.2) is 4.98 Å². The Labute approximate surface area is 102 Å². The first-order valence-corrected chi connectivity index (χ1v) is 6.47. The molecule has 0 bridgehead atoms. The second-order valence-electron chi connectivity index (χ2n) is 4.88. The van der Waals surface area contributed by atoms with Gasteiger partial charge in [0, 0.05) is 31.3 Å². The van der Waals surface area contributed by atoms with E-state index in [2.05, 4.69) is 38.0 Å². The molecular formula is C12H22N2OS. The van der Waals surface area contributed by atoms with Crippen molar-refractivity contribution in [2.24, 2.45) is 0 Å². The molecule has 0 aromatic carbocycles. The molecule has 0 unspecified atom stereocenters. The molecule has 0 atom stereocenters. The highest BCUT2D eigenvalue weighted by molar-refractivity contribution is 7.11. The molecule has 0 aliphatic carbocycles. The predicted molar refractivity (Wildman–Crippen MR) is 69.0 cm³/mol. The molecule has 0 aliphatic rings. The van der Waals surface area contributed by atoms with Gasteiger partial charge in [0.2, 0.25) is 0 Å². The largest absolute Gasteiger partial charge is 0.377 e. The molecule has 0 saturated carbocycles. The maximum absolute atomic E-state index is 5.34. The highest BCUT2D eigenvalue weighted by Crippen LogP contribution is 2.21. The van der Waals surface area contributed by atoms with Crippen LogP contribution in [-0.4, -0.2) is 24.2 Å². The van der Waals surface area contributed by atoms with Crippen LogP contribution < -0.4 is 5.32 Å². The lowest BCUT2D eigenvalue weighted by atomic mass is 10.1. The molecular weight excluding hydrogens is 220 g/mol. The first-order chi connectivity index (χ1) is 7.44. The molecule has 3 nitrogen and oxygen atoms in total. The SMILES string of the molecule is COC(C)(C)CNCc1ncc(C(C)C)s1. The van der Waals surface area contributed by atoms with Crippen molar-refractivity contribution in [3.8, 4) is 0 Å². The van der Waals surface area contributed by atoms with Crippen LogP contribution in [0.3, 0.4) is 0 Å². The molecule has 0 aliphatic heterocycles. The molecule has 0 radical (unpaired) electrons. The zero-order valence-corrected chi connectivity index (χ0v) is 11.6. The summed E-state index contributed by atoms with van der Waals surface area (Å²) < 4.78 is 5.34. The lowest BCUT2D eigenvalue weighted by molar-refractivity contribution is 0.0230. The second-order valence-corrected chi connectivity index (χ2v) is 6.03. The minimum Gasteiger partial charge on any atom is -0.377 e. The van der Waals surface area contributed by atoms with E-state index in [9.17, 15) is 0 Å². The Balaban J connectivity index is 2.37. The van der Waals surface area contributed by atoms with E-state index in [-0.39, 0.29) is 5.60 Å². The van der Waals surface area contributed by atoms with E-state index < -0.39 is 0 Å². The van der Waals surface area contributed by atoms with Crippen molar-refractivity contribution in [2.45, 2.75) is 45.8 Å². The van der Waals surface area contributed by atoms with Crippen LogP contribution in [0.15, 0.2) is 6.20 Å². The van der Waals surface area contributed by atoms with Crippen molar-refractivity contribution < 1.29 is 4.74 Å². The molecule has 16 heavy (non-hydrogen) atoms. The normalized spacial score (nSPS) is 12.4. The van der Waals surface area contributed by atoms with Crippen LogP contribution in [0, 0.1) is 0 Å². The molecule has 4 heteroatoms. The highest BCUT2D eigenvalue weighted by atomic mass is 32.1. The summed E-state index contributed by atoms with van der Waals surface area (Å²) >= 11 is 1.78. The van der Waals surface area contributed by atoms with E-state index in [1.54, 1.807) is 18.4 Å². The molecule has 1 rings (SSSR count). The fourth-order valence-electron chi connectivity index (χ4n) is 1.22. The number of methoxy groups -OCH3 is 1. The quantitative estimate of drug-likeness (QED) is 0.833. The Morgan fingerprint density at radius 2 is 2.19 bits per heavy atom. The Hall–Kier alpha value is -0.450. The summed E-state index contributed by atoms with van der Waals surface area (Å²) in [5.74, 6) is 0.571. The fraction of sp³-hybridized carbons (Fsp3) is 0.750. The number of thiazole rings is 1. The third-order valence-corrected chi connectivity index (χ3v) is 3.82. The van der Waals surface area contributed by atoms with E-state index in [0.717, 1.165) is 18.1 Å². The number of aromatic nitrogens is 1. The summed E-state index contributed by atoms with van der Waals surface area (Å²) in [7, 11) is 1.74. The average Bonchev–Trinajstić information content (AvgIpc) is 2.66. The number of hydrogen-bond donors (Lipinski definition) is 1. The number of hydrogen-bond acceptors (Lipinski definition) is 4. The average molecular weight is 242 g/mol. The first kappa shape index (κ1) is 13.6. The molecule has 0 amide bonds. The predicted octanol–water partition coefficient (Wildman–Crippen LogP) is 2.78. The third-order valence-electron chi connectivity index (χ3n) is 2.52. The Morgan fingerprint density at radius 1 is 1.50 bits per heavy atom.